The SMILES string of the molecule is CCOC(=O)ON1c2ccc(C(F)(F)F)cc2[C@@H](Nc2ncc(OCCOC)c(Cc3cc(C(F)(F)F)cc(C(F)(F)F)c3)n2)C[C@H]1CC. The van der Waals surface area contributed by atoms with Crippen LogP contribution in [0.2, 0.25) is 0 Å². The quantitative estimate of drug-likeness (QED) is 0.120. The Labute approximate surface area is 274 Å². The van der Waals surface area contributed by atoms with E-state index in [1.54, 1.807) is 13.8 Å². The molecule has 1 aliphatic rings. The van der Waals surface area contributed by atoms with Crippen LogP contribution in [0.3, 0.4) is 0 Å². The van der Waals surface area contributed by atoms with Gasteiger partial charge in [0.25, 0.3) is 0 Å². The van der Waals surface area contributed by atoms with Crippen LogP contribution in [0.4, 0.5) is 55.9 Å². The topological polar surface area (TPSA) is 95.0 Å². The van der Waals surface area contributed by atoms with Crippen LogP contribution >= 0.6 is 0 Å². The van der Waals surface area contributed by atoms with E-state index in [0.717, 1.165) is 29.5 Å². The zero-order chi connectivity index (χ0) is 36.1. The van der Waals surface area contributed by atoms with E-state index in [4.69, 9.17) is 19.0 Å². The van der Waals surface area contributed by atoms with Crippen LogP contribution < -0.4 is 15.1 Å². The van der Waals surface area contributed by atoms with Crippen molar-refractivity contribution in [2.45, 2.75) is 63.7 Å². The second kappa shape index (κ2) is 15.0. The molecule has 18 heteroatoms. The molecule has 0 saturated carbocycles. The number of methoxy groups -OCH3 is 1. The Morgan fingerprint density at radius 2 is 1.57 bits per heavy atom. The van der Waals surface area contributed by atoms with Crippen molar-refractivity contribution in [2.24, 2.45) is 0 Å². The van der Waals surface area contributed by atoms with Crippen molar-refractivity contribution in [3.05, 3.63) is 76.1 Å². The Balaban J connectivity index is 1.77. The highest BCUT2D eigenvalue weighted by molar-refractivity contribution is 5.66. The summed E-state index contributed by atoms with van der Waals surface area (Å²) < 4.78 is 138. The van der Waals surface area contributed by atoms with E-state index in [0.29, 0.717) is 18.6 Å². The molecular weight excluding hydrogens is 679 g/mol. The van der Waals surface area contributed by atoms with Gasteiger partial charge in [0.15, 0.2) is 5.75 Å². The van der Waals surface area contributed by atoms with Crippen molar-refractivity contribution in [1.29, 1.82) is 0 Å². The molecule has 1 N–H and O–H groups in total. The van der Waals surface area contributed by atoms with Crippen molar-refractivity contribution >= 4 is 17.8 Å². The molecule has 0 radical (unpaired) electrons. The number of anilines is 2. The number of halogens is 9. The predicted molar refractivity (Wildman–Crippen MR) is 156 cm³/mol. The summed E-state index contributed by atoms with van der Waals surface area (Å²) in [7, 11) is 1.38. The molecular formula is C31H31F9N4O5. The molecule has 2 aromatic carbocycles. The van der Waals surface area contributed by atoms with Crippen LogP contribution in [-0.2, 0) is 39.3 Å². The Bertz CT molecular complexity index is 1580. The zero-order valence-corrected chi connectivity index (χ0v) is 26.2. The molecule has 0 fully saturated rings. The Kier molecular flexibility index (Phi) is 11.4. The summed E-state index contributed by atoms with van der Waals surface area (Å²) in [5.41, 5.74) is -4.39. The number of carbonyl (C=O) groups is 1. The summed E-state index contributed by atoms with van der Waals surface area (Å²) in [4.78, 5) is 26.0. The molecule has 49 heavy (non-hydrogen) atoms. The van der Waals surface area contributed by atoms with E-state index in [9.17, 15) is 44.3 Å². The fraction of sp³-hybridized carbons (Fsp3) is 0.452. The van der Waals surface area contributed by atoms with E-state index in [-0.39, 0.29) is 66.5 Å². The maximum atomic E-state index is 13.8. The average Bonchev–Trinajstić information content (AvgIpc) is 3.01. The third-order valence-corrected chi connectivity index (χ3v) is 7.41. The number of hydrogen-bond acceptors (Lipinski definition) is 9. The van der Waals surface area contributed by atoms with Gasteiger partial charge in [-0.15, -0.1) is 0 Å². The monoisotopic (exact) mass is 710 g/mol. The van der Waals surface area contributed by atoms with Crippen LogP contribution in [0.5, 0.6) is 5.75 Å². The van der Waals surface area contributed by atoms with Gasteiger partial charge < -0.3 is 24.4 Å². The van der Waals surface area contributed by atoms with Gasteiger partial charge >= 0.3 is 24.7 Å². The number of aromatic nitrogens is 2. The van der Waals surface area contributed by atoms with Crippen LogP contribution in [0.25, 0.3) is 0 Å². The normalized spacial score (nSPS) is 16.6. The molecule has 9 nitrogen and oxygen atoms in total. The van der Waals surface area contributed by atoms with Gasteiger partial charge in [-0.1, -0.05) is 6.92 Å². The van der Waals surface area contributed by atoms with Gasteiger partial charge in [0, 0.05) is 19.1 Å². The second-order valence-corrected chi connectivity index (χ2v) is 10.8. The van der Waals surface area contributed by atoms with Gasteiger partial charge in [-0.2, -0.15) is 44.6 Å². The number of hydroxylamine groups is 1. The lowest BCUT2D eigenvalue weighted by Gasteiger charge is -2.40. The first-order valence-corrected chi connectivity index (χ1v) is 14.8. The number of alkyl halides is 9. The number of rotatable bonds is 11. The van der Waals surface area contributed by atoms with Gasteiger partial charge in [0.1, 0.15) is 6.61 Å². The third-order valence-electron chi connectivity index (χ3n) is 7.41. The summed E-state index contributed by atoms with van der Waals surface area (Å²) in [5.74, 6) is -0.280. The standard InChI is InChI=1S/C31H31F9N4O5/c1-4-21-15-23(22-14-18(29(32,33)34)6-7-25(22)44(21)49-28(45)47-5-2)42-27-41-16-26(48-9-8-46-3)24(43-27)12-17-10-19(30(35,36)37)13-20(11-17)31(38,39)40/h6-7,10-11,13-14,16,21,23H,4-5,8-9,12,15H2,1-3H3,(H,41,42,43)/t21-,23+/m1/s1. The fourth-order valence-electron chi connectivity index (χ4n) is 5.15. The maximum Gasteiger partial charge on any atom is 0.533 e. The average molecular weight is 711 g/mol. The minimum Gasteiger partial charge on any atom is -0.488 e. The highest BCUT2D eigenvalue weighted by Crippen LogP contribution is 2.43. The van der Waals surface area contributed by atoms with Crippen LogP contribution in [0.1, 0.15) is 66.2 Å². The second-order valence-electron chi connectivity index (χ2n) is 10.8. The molecule has 0 saturated heterocycles. The molecule has 1 aliphatic heterocycles. The largest absolute Gasteiger partial charge is 0.533 e. The predicted octanol–water partition coefficient (Wildman–Crippen LogP) is 8.38. The fourth-order valence-corrected chi connectivity index (χ4v) is 5.15. The molecule has 4 rings (SSSR count). The van der Waals surface area contributed by atoms with Crippen molar-refractivity contribution < 1.29 is 63.4 Å². The first-order chi connectivity index (χ1) is 22.9. The first-order valence-electron chi connectivity index (χ1n) is 14.8. The minimum absolute atomic E-state index is 0.00127. The molecule has 0 amide bonds. The lowest BCUT2D eigenvalue weighted by atomic mass is 9.90. The number of ether oxygens (including phenoxy) is 3. The maximum absolute atomic E-state index is 13.8. The van der Waals surface area contributed by atoms with Crippen molar-refractivity contribution in [2.75, 3.05) is 37.3 Å². The lowest BCUT2D eigenvalue weighted by molar-refractivity contribution is -0.143. The zero-order valence-electron chi connectivity index (χ0n) is 26.2. The van der Waals surface area contributed by atoms with Crippen molar-refractivity contribution in [1.82, 2.24) is 9.97 Å². The van der Waals surface area contributed by atoms with E-state index in [1.807, 2.05) is 0 Å². The van der Waals surface area contributed by atoms with E-state index in [1.165, 1.54) is 7.11 Å². The number of nitrogens with one attached hydrogen (secondary N) is 1. The highest BCUT2D eigenvalue weighted by atomic mass is 19.4. The summed E-state index contributed by atoms with van der Waals surface area (Å²) in [6.07, 6.45) is -15.0. The van der Waals surface area contributed by atoms with E-state index < -0.39 is 59.9 Å². The molecule has 0 bridgehead atoms. The first kappa shape index (κ1) is 37.3. The molecule has 0 unspecified atom stereocenters. The van der Waals surface area contributed by atoms with E-state index in [2.05, 4.69) is 15.3 Å². The Morgan fingerprint density at radius 1 is 0.918 bits per heavy atom. The molecule has 1 aromatic heterocycles. The minimum atomic E-state index is -5.09. The molecule has 3 aromatic rings. The van der Waals surface area contributed by atoms with Gasteiger partial charge in [0.05, 0.1) is 59.6 Å². The van der Waals surface area contributed by atoms with Gasteiger partial charge in [-0.25, -0.2) is 14.8 Å². The number of benzene rings is 2. The summed E-state index contributed by atoms with van der Waals surface area (Å²) in [6.45, 7) is 3.29. The summed E-state index contributed by atoms with van der Waals surface area (Å²) >= 11 is 0. The Hall–Kier alpha value is -4.48. The van der Waals surface area contributed by atoms with Crippen LogP contribution in [0, 0.1) is 0 Å². The number of carbonyl (C=O) groups excluding carboxylic acids is 1. The number of fused-ring (bicyclic) bond motifs is 1. The molecule has 0 spiro atoms. The molecule has 2 atom stereocenters. The van der Waals surface area contributed by atoms with Crippen molar-refractivity contribution in [3.8, 4) is 5.75 Å². The number of nitrogens with zero attached hydrogens (tertiary/aromatic N) is 3. The van der Waals surface area contributed by atoms with Gasteiger partial charge in [-0.05, 0) is 61.7 Å². The summed E-state index contributed by atoms with van der Waals surface area (Å²) in [5, 5.41) is 4.11. The third kappa shape index (κ3) is 9.36. The van der Waals surface area contributed by atoms with E-state index >= 15 is 0 Å². The van der Waals surface area contributed by atoms with Crippen LogP contribution in [-0.4, -0.2) is 49.1 Å². The Morgan fingerprint density at radius 3 is 2.14 bits per heavy atom. The molecule has 0 aliphatic carbocycles. The smallest absolute Gasteiger partial charge is 0.488 e. The lowest BCUT2D eigenvalue weighted by Crippen LogP contribution is -2.43. The molecule has 2 heterocycles. The van der Waals surface area contributed by atoms with Crippen LogP contribution in [0.15, 0.2) is 42.6 Å². The van der Waals surface area contributed by atoms with Crippen molar-refractivity contribution in [3.63, 3.8) is 0 Å². The summed E-state index contributed by atoms with van der Waals surface area (Å²) in [6, 6.07) is 2.44. The number of hydrogen-bond donors (Lipinski definition) is 1. The highest BCUT2D eigenvalue weighted by Gasteiger charge is 2.39. The van der Waals surface area contributed by atoms with Gasteiger partial charge in [0.2, 0.25) is 5.95 Å². The van der Waals surface area contributed by atoms with Gasteiger partial charge in [-0.3, -0.25) is 0 Å². The molecule has 268 valence electrons.